The van der Waals surface area contributed by atoms with Gasteiger partial charge in [-0.05, 0) is 48.0 Å². The minimum absolute atomic E-state index is 0.240. The zero-order valence-electron chi connectivity index (χ0n) is 19.2. The average Bonchev–Trinajstić information content (AvgIpc) is 2.88. The highest BCUT2D eigenvalue weighted by molar-refractivity contribution is 6.31. The monoisotopic (exact) mass is 510 g/mol. The van der Waals surface area contributed by atoms with Crippen molar-refractivity contribution in [3.05, 3.63) is 100 Å². The number of anilines is 1. The van der Waals surface area contributed by atoms with Gasteiger partial charge in [0, 0.05) is 48.6 Å². The Kier molecular flexibility index (Phi) is 6.53. The van der Waals surface area contributed by atoms with E-state index in [-0.39, 0.29) is 11.5 Å². The van der Waals surface area contributed by atoms with Crippen LogP contribution < -0.4 is 4.90 Å². The van der Waals surface area contributed by atoms with E-state index in [1.807, 2.05) is 42.5 Å². The summed E-state index contributed by atoms with van der Waals surface area (Å²) in [6, 6.07) is 19.8. The second-order valence-corrected chi connectivity index (χ2v) is 9.08. The number of piperazine rings is 1. The van der Waals surface area contributed by atoms with Crippen molar-refractivity contribution < 1.29 is 18.0 Å². The predicted molar refractivity (Wildman–Crippen MR) is 133 cm³/mol. The van der Waals surface area contributed by atoms with Crippen LogP contribution >= 0.6 is 11.6 Å². The maximum atomic E-state index is 12.9. The van der Waals surface area contributed by atoms with E-state index in [0.717, 1.165) is 34.4 Å². The molecule has 1 aliphatic rings. The summed E-state index contributed by atoms with van der Waals surface area (Å²) in [5, 5.41) is 1.46. The van der Waals surface area contributed by atoms with E-state index < -0.39 is 11.7 Å². The molecule has 9 heteroatoms. The van der Waals surface area contributed by atoms with E-state index in [1.54, 1.807) is 11.0 Å². The van der Waals surface area contributed by atoms with E-state index in [0.29, 0.717) is 43.4 Å². The Morgan fingerprint density at radius 2 is 1.58 bits per heavy atom. The molecule has 0 bridgehead atoms. The molecule has 5 rings (SSSR count). The number of rotatable bonds is 4. The van der Waals surface area contributed by atoms with Crippen LogP contribution in [0.3, 0.4) is 0 Å². The number of fused-ring (bicyclic) bond motifs is 1. The lowest BCUT2D eigenvalue weighted by molar-refractivity contribution is -0.137. The van der Waals surface area contributed by atoms with E-state index in [4.69, 9.17) is 21.6 Å². The zero-order chi connectivity index (χ0) is 25.3. The van der Waals surface area contributed by atoms with Gasteiger partial charge >= 0.3 is 6.18 Å². The first-order chi connectivity index (χ1) is 17.3. The van der Waals surface area contributed by atoms with Crippen molar-refractivity contribution in [2.75, 3.05) is 31.1 Å². The first kappa shape index (κ1) is 24.1. The van der Waals surface area contributed by atoms with Gasteiger partial charge in [0.25, 0.3) is 5.91 Å². The molecule has 5 nitrogen and oxygen atoms in total. The van der Waals surface area contributed by atoms with Gasteiger partial charge in [-0.2, -0.15) is 13.2 Å². The molecule has 0 spiro atoms. The average molecular weight is 511 g/mol. The number of alkyl halides is 3. The molecular weight excluding hydrogens is 489 g/mol. The third kappa shape index (κ3) is 5.14. The molecule has 1 aromatic heterocycles. The second-order valence-electron chi connectivity index (χ2n) is 8.64. The largest absolute Gasteiger partial charge is 0.416 e. The van der Waals surface area contributed by atoms with Crippen molar-refractivity contribution in [1.82, 2.24) is 14.9 Å². The first-order valence-electron chi connectivity index (χ1n) is 11.5. The Hall–Kier alpha value is -3.65. The number of benzene rings is 3. The topological polar surface area (TPSA) is 49.3 Å². The molecule has 1 saturated heterocycles. The lowest BCUT2D eigenvalue weighted by atomic mass is 10.1. The number of nitrogens with zero attached hydrogens (tertiary/aromatic N) is 4. The Morgan fingerprint density at radius 1 is 0.889 bits per heavy atom. The van der Waals surface area contributed by atoms with Gasteiger partial charge in [0.05, 0.1) is 11.1 Å². The van der Waals surface area contributed by atoms with Crippen LogP contribution in [0, 0.1) is 0 Å². The third-order valence-corrected chi connectivity index (χ3v) is 6.45. The molecular formula is C27H22ClF3N4O. The van der Waals surface area contributed by atoms with Crippen molar-refractivity contribution in [1.29, 1.82) is 0 Å². The van der Waals surface area contributed by atoms with Crippen molar-refractivity contribution in [3.8, 4) is 0 Å². The van der Waals surface area contributed by atoms with Crippen LogP contribution in [-0.4, -0.2) is 47.0 Å². The fourth-order valence-corrected chi connectivity index (χ4v) is 4.50. The molecule has 0 aliphatic carbocycles. The van der Waals surface area contributed by atoms with Crippen LogP contribution in [0.5, 0.6) is 0 Å². The van der Waals surface area contributed by atoms with E-state index in [2.05, 4.69) is 4.90 Å². The molecule has 0 radical (unpaired) electrons. The quantitative estimate of drug-likeness (QED) is 0.345. The van der Waals surface area contributed by atoms with Crippen molar-refractivity contribution in [2.24, 2.45) is 0 Å². The van der Waals surface area contributed by atoms with Gasteiger partial charge in [-0.3, -0.25) is 4.79 Å². The van der Waals surface area contributed by atoms with Gasteiger partial charge in [0.2, 0.25) is 0 Å². The molecule has 0 unspecified atom stereocenters. The Morgan fingerprint density at radius 3 is 2.25 bits per heavy atom. The predicted octanol–water partition coefficient (Wildman–Crippen LogP) is 5.86. The fourth-order valence-electron chi connectivity index (χ4n) is 4.34. The minimum atomic E-state index is -4.43. The molecule has 4 aromatic rings. The van der Waals surface area contributed by atoms with Crippen LogP contribution in [0.15, 0.2) is 72.8 Å². The van der Waals surface area contributed by atoms with Crippen LogP contribution in [-0.2, 0) is 12.6 Å². The summed E-state index contributed by atoms with van der Waals surface area (Å²) in [7, 11) is 0. The smallest absolute Gasteiger partial charge is 0.352 e. The molecule has 0 atom stereocenters. The van der Waals surface area contributed by atoms with Crippen molar-refractivity contribution in [2.45, 2.75) is 12.6 Å². The summed E-state index contributed by atoms with van der Waals surface area (Å²) in [4.78, 5) is 26.3. The maximum Gasteiger partial charge on any atom is 0.416 e. The highest BCUT2D eigenvalue weighted by atomic mass is 35.5. The minimum Gasteiger partial charge on any atom is -0.352 e. The van der Waals surface area contributed by atoms with Crippen LogP contribution in [0.2, 0.25) is 5.02 Å². The third-order valence-electron chi connectivity index (χ3n) is 6.22. The van der Waals surface area contributed by atoms with Gasteiger partial charge < -0.3 is 9.80 Å². The highest BCUT2D eigenvalue weighted by Crippen LogP contribution is 2.30. The summed E-state index contributed by atoms with van der Waals surface area (Å²) in [6.45, 7) is 1.91. The number of carbonyl (C=O) groups excluding carboxylic acids is 1. The van der Waals surface area contributed by atoms with Gasteiger partial charge in [0.1, 0.15) is 11.6 Å². The molecule has 1 amide bonds. The number of carbonyl (C=O) groups is 1. The molecule has 0 saturated carbocycles. The molecule has 3 aromatic carbocycles. The maximum absolute atomic E-state index is 12.9. The zero-order valence-corrected chi connectivity index (χ0v) is 19.9. The Balaban J connectivity index is 1.35. The van der Waals surface area contributed by atoms with Gasteiger partial charge in [-0.15, -0.1) is 0 Å². The number of amides is 1. The van der Waals surface area contributed by atoms with E-state index in [9.17, 15) is 18.0 Å². The normalized spacial score (nSPS) is 14.3. The molecule has 184 valence electrons. The fraction of sp³-hybridized carbons (Fsp3) is 0.222. The Bertz CT molecular complexity index is 1390. The first-order valence-corrected chi connectivity index (χ1v) is 11.9. The van der Waals surface area contributed by atoms with Crippen LogP contribution in [0.1, 0.15) is 27.3 Å². The molecule has 36 heavy (non-hydrogen) atoms. The standard InChI is InChI=1S/C27H22ClF3N4O/c28-21-10-11-22-23(17-21)32-24(16-18-4-2-1-3-5-18)33-25(22)34-12-14-35(15-13-34)26(36)19-6-8-20(9-7-19)27(29,30)31/h1-11,17H,12-16H2. The number of hydrogen-bond acceptors (Lipinski definition) is 4. The SMILES string of the molecule is O=C(c1ccc(C(F)(F)F)cc1)N1CCN(c2nc(Cc3ccccc3)nc3cc(Cl)ccc23)CC1. The molecule has 2 heterocycles. The number of hydrogen-bond donors (Lipinski definition) is 0. The van der Waals surface area contributed by atoms with Gasteiger partial charge in [-0.1, -0.05) is 41.9 Å². The lowest BCUT2D eigenvalue weighted by Crippen LogP contribution is -2.49. The van der Waals surface area contributed by atoms with E-state index in [1.165, 1.54) is 12.1 Å². The summed E-state index contributed by atoms with van der Waals surface area (Å²) >= 11 is 6.24. The lowest BCUT2D eigenvalue weighted by Gasteiger charge is -2.36. The van der Waals surface area contributed by atoms with E-state index >= 15 is 0 Å². The van der Waals surface area contributed by atoms with Crippen molar-refractivity contribution >= 4 is 34.2 Å². The second kappa shape index (κ2) is 9.78. The molecule has 1 aliphatic heterocycles. The van der Waals surface area contributed by atoms with Crippen LogP contribution in [0.4, 0.5) is 19.0 Å². The summed E-state index contributed by atoms with van der Waals surface area (Å²) < 4.78 is 38.5. The molecule has 0 N–H and O–H groups in total. The number of aromatic nitrogens is 2. The number of halogens is 4. The van der Waals surface area contributed by atoms with Crippen LogP contribution in [0.25, 0.3) is 10.9 Å². The van der Waals surface area contributed by atoms with Gasteiger partial charge in [-0.25, -0.2) is 9.97 Å². The summed E-state index contributed by atoms with van der Waals surface area (Å²) in [5.41, 5.74) is 1.31. The molecule has 1 fully saturated rings. The van der Waals surface area contributed by atoms with Gasteiger partial charge in [0.15, 0.2) is 0 Å². The van der Waals surface area contributed by atoms with Crippen molar-refractivity contribution in [3.63, 3.8) is 0 Å². The highest BCUT2D eigenvalue weighted by Gasteiger charge is 2.31. The summed E-state index contributed by atoms with van der Waals surface area (Å²) in [5.74, 6) is 1.17. The summed E-state index contributed by atoms with van der Waals surface area (Å²) in [6.07, 6.45) is -3.86. The Labute approximate surface area is 211 Å².